The van der Waals surface area contributed by atoms with E-state index in [-0.39, 0.29) is 6.04 Å². The summed E-state index contributed by atoms with van der Waals surface area (Å²) in [5.74, 6) is 0.924. The number of rotatable bonds is 6. The number of ether oxygens (including phenoxy) is 1. The summed E-state index contributed by atoms with van der Waals surface area (Å²) in [6.07, 6.45) is 0.908. The summed E-state index contributed by atoms with van der Waals surface area (Å²) in [7, 11) is 1.71. The Morgan fingerprint density at radius 2 is 1.80 bits per heavy atom. The van der Waals surface area contributed by atoms with Gasteiger partial charge in [0.2, 0.25) is 0 Å². The lowest BCUT2D eigenvalue weighted by Crippen LogP contribution is -2.23. The summed E-state index contributed by atoms with van der Waals surface area (Å²) in [4.78, 5) is 0. The van der Waals surface area contributed by atoms with E-state index in [0.29, 0.717) is 0 Å². The van der Waals surface area contributed by atoms with E-state index in [0.717, 1.165) is 23.7 Å². The molecule has 3 heteroatoms. The Labute approximate surface area is 125 Å². The fourth-order valence-corrected chi connectivity index (χ4v) is 2.47. The maximum atomic E-state index is 5.94. The van der Waals surface area contributed by atoms with Crippen LogP contribution >= 0.6 is 11.6 Å². The molecule has 2 nitrogen and oxygen atoms in total. The van der Waals surface area contributed by atoms with Crippen LogP contribution in [0, 0.1) is 0 Å². The molecule has 1 unspecified atom stereocenters. The molecule has 1 N–H and O–H groups in total. The quantitative estimate of drug-likeness (QED) is 0.859. The molecule has 0 spiro atoms. The van der Waals surface area contributed by atoms with Crippen LogP contribution < -0.4 is 10.1 Å². The van der Waals surface area contributed by atoms with Gasteiger partial charge < -0.3 is 10.1 Å². The van der Waals surface area contributed by atoms with Crippen molar-refractivity contribution in [1.29, 1.82) is 0 Å². The van der Waals surface area contributed by atoms with E-state index in [9.17, 15) is 0 Å². The fourth-order valence-electron chi connectivity index (χ4n) is 2.35. The molecule has 106 valence electrons. The van der Waals surface area contributed by atoms with E-state index in [4.69, 9.17) is 16.3 Å². The van der Waals surface area contributed by atoms with Gasteiger partial charge in [-0.1, -0.05) is 48.9 Å². The Morgan fingerprint density at radius 1 is 1.10 bits per heavy atom. The van der Waals surface area contributed by atoms with Gasteiger partial charge in [0.1, 0.15) is 5.75 Å². The number of methoxy groups -OCH3 is 1. The lowest BCUT2D eigenvalue weighted by molar-refractivity contribution is 0.399. The van der Waals surface area contributed by atoms with Crippen LogP contribution in [0.15, 0.2) is 48.5 Å². The lowest BCUT2D eigenvalue weighted by atomic mass is 9.98. The molecule has 2 aromatic carbocycles. The van der Waals surface area contributed by atoms with Crippen LogP contribution in [0.1, 0.15) is 24.1 Å². The molecular formula is C17H20ClNO. The van der Waals surface area contributed by atoms with Crippen molar-refractivity contribution in [3.63, 3.8) is 0 Å². The van der Waals surface area contributed by atoms with E-state index in [2.05, 4.69) is 30.4 Å². The van der Waals surface area contributed by atoms with Crippen LogP contribution in [0.3, 0.4) is 0 Å². The number of halogens is 1. The van der Waals surface area contributed by atoms with E-state index in [1.165, 1.54) is 11.1 Å². The van der Waals surface area contributed by atoms with Crippen molar-refractivity contribution >= 4 is 11.6 Å². The highest BCUT2D eigenvalue weighted by atomic mass is 35.5. The first kappa shape index (κ1) is 14.9. The van der Waals surface area contributed by atoms with Gasteiger partial charge in [-0.25, -0.2) is 0 Å². The van der Waals surface area contributed by atoms with Crippen molar-refractivity contribution in [2.75, 3.05) is 13.7 Å². The van der Waals surface area contributed by atoms with Crippen molar-refractivity contribution in [3.05, 3.63) is 64.7 Å². The monoisotopic (exact) mass is 289 g/mol. The van der Waals surface area contributed by atoms with Gasteiger partial charge in [-0.15, -0.1) is 0 Å². The van der Waals surface area contributed by atoms with Gasteiger partial charge in [0, 0.05) is 16.6 Å². The second-order valence-corrected chi connectivity index (χ2v) is 5.12. The minimum atomic E-state index is 0.234. The van der Waals surface area contributed by atoms with Gasteiger partial charge in [-0.05, 0) is 36.7 Å². The van der Waals surface area contributed by atoms with Crippen LogP contribution in [0.4, 0.5) is 0 Å². The Hall–Kier alpha value is -1.51. The van der Waals surface area contributed by atoms with Crippen LogP contribution in [0.2, 0.25) is 5.02 Å². The zero-order valence-electron chi connectivity index (χ0n) is 11.9. The molecule has 2 aromatic rings. The zero-order chi connectivity index (χ0) is 14.4. The fraction of sp³-hybridized carbons (Fsp3) is 0.294. The maximum Gasteiger partial charge on any atom is 0.123 e. The molecule has 1 atom stereocenters. The third-order valence-corrected chi connectivity index (χ3v) is 3.57. The van der Waals surface area contributed by atoms with E-state index >= 15 is 0 Å². The van der Waals surface area contributed by atoms with Crippen molar-refractivity contribution in [2.24, 2.45) is 0 Å². The molecule has 0 heterocycles. The highest BCUT2D eigenvalue weighted by Crippen LogP contribution is 2.27. The summed E-state index contributed by atoms with van der Waals surface area (Å²) in [5.41, 5.74) is 2.44. The average Bonchev–Trinajstić information content (AvgIpc) is 2.49. The summed E-state index contributed by atoms with van der Waals surface area (Å²) in [6.45, 7) is 3.03. The number of nitrogens with one attached hydrogen (secondary N) is 1. The van der Waals surface area contributed by atoms with E-state index < -0.39 is 0 Å². The highest BCUT2D eigenvalue weighted by Gasteiger charge is 2.15. The Balaban J connectivity index is 2.24. The molecule has 0 bridgehead atoms. The Morgan fingerprint density at radius 3 is 2.45 bits per heavy atom. The first-order valence-corrected chi connectivity index (χ1v) is 7.23. The largest absolute Gasteiger partial charge is 0.496 e. The summed E-state index contributed by atoms with van der Waals surface area (Å²) in [6, 6.07) is 16.4. The zero-order valence-corrected chi connectivity index (χ0v) is 12.7. The molecule has 0 radical (unpaired) electrons. The van der Waals surface area contributed by atoms with Gasteiger partial charge >= 0.3 is 0 Å². The summed E-state index contributed by atoms with van der Waals surface area (Å²) in [5, 5.41) is 4.29. The molecule has 20 heavy (non-hydrogen) atoms. The molecule has 0 saturated carbocycles. The first-order chi connectivity index (χ1) is 9.74. The normalized spacial score (nSPS) is 12.2. The molecule has 0 aromatic heterocycles. The van der Waals surface area contributed by atoms with Gasteiger partial charge in [0.15, 0.2) is 0 Å². The number of hydrogen-bond acceptors (Lipinski definition) is 2. The van der Waals surface area contributed by atoms with Gasteiger partial charge in [0.25, 0.3) is 0 Å². The Bertz CT molecular complexity index is 539. The molecule has 0 aliphatic carbocycles. The van der Waals surface area contributed by atoms with E-state index in [1.54, 1.807) is 7.11 Å². The highest BCUT2D eigenvalue weighted by molar-refractivity contribution is 6.30. The van der Waals surface area contributed by atoms with Crippen molar-refractivity contribution < 1.29 is 4.74 Å². The molecule has 0 fully saturated rings. The van der Waals surface area contributed by atoms with Gasteiger partial charge in [-0.2, -0.15) is 0 Å². The number of hydrogen-bond donors (Lipinski definition) is 1. The third kappa shape index (κ3) is 3.75. The third-order valence-electron chi connectivity index (χ3n) is 3.32. The van der Waals surface area contributed by atoms with E-state index in [1.807, 2.05) is 30.3 Å². The maximum absolute atomic E-state index is 5.94. The standard InChI is InChI=1S/C17H20ClNO/c1-3-19-16(12-13-8-10-14(18)11-9-13)15-6-4-5-7-17(15)20-2/h4-11,16,19H,3,12H2,1-2H3. The van der Waals surface area contributed by atoms with Gasteiger partial charge in [-0.3, -0.25) is 0 Å². The average molecular weight is 290 g/mol. The second kappa shape index (κ2) is 7.32. The number of likely N-dealkylation sites (N-methyl/N-ethyl adjacent to an activating group) is 1. The lowest BCUT2D eigenvalue weighted by Gasteiger charge is -2.21. The predicted molar refractivity (Wildman–Crippen MR) is 84.6 cm³/mol. The minimum absolute atomic E-state index is 0.234. The SMILES string of the molecule is CCNC(Cc1ccc(Cl)cc1)c1ccccc1OC. The molecular weight excluding hydrogens is 270 g/mol. The van der Waals surface area contributed by atoms with Crippen LogP contribution in [0.5, 0.6) is 5.75 Å². The first-order valence-electron chi connectivity index (χ1n) is 6.85. The molecule has 0 saturated heterocycles. The topological polar surface area (TPSA) is 21.3 Å². The van der Waals surface area contributed by atoms with Crippen molar-refractivity contribution in [1.82, 2.24) is 5.32 Å². The summed E-state index contributed by atoms with van der Waals surface area (Å²) >= 11 is 5.94. The molecule has 0 amide bonds. The second-order valence-electron chi connectivity index (χ2n) is 4.68. The van der Waals surface area contributed by atoms with Gasteiger partial charge in [0.05, 0.1) is 7.11 Å². The summed E-state index contributed by atoms with van der Waals surface area (Å²) < 4.78 is 5.47. The smallest absolute Gasteiger partial charge is 0.123 e. The predicted octanol–water partition coefficient (Wildman–Crippen LogP) is 4.24. The van der Waals surface area contributed by atoms with Crippen LogP contribution in [-0.4, -0.2) is 13.7 Å². The van der Waals surface area contributed by atoms with Crippen LogP contribution in [-0.2, 0) is 6.42 Å². The minimum Gasteiger partial charge on any atom is -0.496 e. The van der Waals surface area contributed by atoms with Crippen LogP contribution in [0.25, 0.3) is 0 Å². The van der Waals surface area contributed by atoms with Crippen molar-refractivity contribution in [2.45, 2.75) is 19.4 Å². The number of benzene rings is 2. The molecule has 2 rings (SSSR count). The molecule has 0 aliphatic heterocycles. The Kier molecular flexibility index (Phi) is 5.45. The van der Waals surface area contributed by atoms with Crippen molar-refractivity contribution in [3.8, 4) is 5.75 Å². The molecule has 0 aliphatic rings. The number of para-hydroxylation sites is 1.